The van der Waals surface area contributed by atoms with Crippen molar-refractivity contribution in [1.29, 1.82) is 0 Å². The summed E-state index contributed by atoms with van der Waals surface area (Å²) >= 11 is 0. The second-order valence-electron chi connectivity index (χ2n) is 6.70. The number of benzene rings is 1. The predicted octanol–water partition coefficient (Wildman–Crippen LogP) is 2.03. The van der Waals surface area contributed by atoms with Crippen LogP contribution in [-0.2, 0) is 4.74 Å². The lowest BCUT2D eigenvalue weighted by molar-refractivity contribution is -0.0773. The summed E-state index contributed by atoms with van der Waals surface area (Å²) < 4.78 is 16.1. The fraction of sp³-hybridized carbons (Fsp3) is 0.667. The zero-order valence-corrected chi connectivity index (χ0v) is 14.1. The Hall–Kier alpha value is -1.30. The molecule has 128 valence electrons. The maximum Gasteiger partial charge on any atom is 0.122 e. The van der Waals surface area contributed by atoms with Crippen molar-refractivity contribution in [2.75, 3.05) is 47.1 Å². The highest BCUT2D eigenvalue weighted by Crippen LogP contribution is 2.34. The third-order valence-corrected chi connectivity index (χ3v) is 5.06. The molecular weight excluding hydrogens is 294 g/mol. The molecule has 0 aromatic heterocycles. The third-order valence-electron chi connectivity index (χ3n) is 5.06. The van der Waals surface area contributed by atoms with E-state index in [1.807, 2.05) is 6.07 Å². The number of methoxy groups -OCH3 is 2. The molecule has 23 heavy (non-hydrogen) atoms. The first-order valence-corrected chi connectivity index (χ1v) is 8.37. The first kappa shape index (κ1) is 16.6. The minimum atomic E-state index is -0.584. The molecule has 3 rings (SSSR count). The second kappa shape index (κ2) is 7.07. The number of ether oxygens (including phenoxy) is 3. The molecule has 1 aromatic rings. The van der Waals surface area contributed by atoms with Crippen LogP contribution in [-0.4, -0.2) is 62.7 Å². The molecule has 2 heterocycles. The van der Waals surface area contributed by atoms with Crippen LogP contribution < -0.4 is 9.47 Å². The van der Waals surface area contributed by atoms with Crippen molar-refractivity contribution < 1.29 is 19.3 Å². The van der Waals surface area contributed by atoms with Gasteiger partial charge in [-0.2, -0.15) is 0 Å². The number of aliphatic hydroxyl groups is 1. The highest BCUT2D eigenvalue weighted by Gasteiger charge is 2.35. The molecule has 0 saturated carbocycles. The third kappa shape index (κ3) is 3.97. The second-order valence-corrected chi connectivity index (χ2v) is 6.70. The standard InChI is InChI=1S/C18H27NO4/c1-21-16-9-15(10-17(11-16)22-2)14-3-6-19(12-14)13-18(20)4-7-23-8-5-18/h9-11,14,20H,3-8,12-13H2,1-2H3. The lowest BCUT2D eigenvalue weighted by atomic mass is 9.93. The summed E-state index contributed by atoms with van der Waals surface area (Å²) in [5.74, 6) is 2.13. The monoisotopic (exact) mass is 321 g/mol. The molecule has 1 N–H and O–H groups in total. The zero-order valence-electron chi connectivity index (χ0n) is 14.1. The molecule has 0 amide bonds. The van der Waals surface area contributed by atoms with Crippen LogP contribution in [0.15, 0.2) is 18.2 Å². The van der Waals surface area contributed by atoms with Crippen molar-refractivity contribution in [2.24, 2.45) is 0 Å². The van der Waals surface area contributed by atoms with Crippen LogP contribution in [0.2, 0.25) is 0 Å². The van der Waals surface area contributed by atoms with Crippen LogP contribution in [0, 0.1) is 0 Å². The molecule has 2 aliphatic heterocycles. The van der Waals surface area contributed by atoms with Gasteiger partial charge < -0.3 is 19.3 Å². The van der Waals surface area contributed by atoms with E-state index in [9.17, 15) is 5.11 Å². The number of β-amino-alcohol motifs (C(OH)–C–C–N with tert-alkyl or cyclic N) is 1. The molecule has 2 saturated heterocycles. The van der Waals surface area contributed by atoms with Gasteiger partial charge in [0.2, 0.25) is 0 Å². The van der Waals surface area contributed by atoms with E-state index in [0.717, 1.165) is 50.4 Å². The van der Waals surface area contributed by atoms with Gasteiger partial charge in [-0.15, -0.1) is 0 Å². The number of rotatable bonds is 5. The summed E-state index contributed by atoms with van der Waals surface area (Å²) in [7, 11) is 3.36. The minimum absolute atomic E-state index is 0.461. The number of nitrogens with zero attached hydrogens (tertiary/aromatic N) is 1. The lowest BCUT2D eigenvalue weighted by Crippen LogP contribution is -2.46. The molecular formula is C18H27NO4. The Labute approximate surface area is 138 Å². The Morgan fingerprint density at radius 3 is 2.43 bits per heavy atom. The Bertz CT molecular complexity index is 506. The van der Waals surface area contributed by atoms with Crippen molar-refractivity contribution >= 4 is 0 Å². The normalized spacial score (nSPS) is 24.6. The summed E-state index contributed by atoms with van der Waals surface area (Å²) in [5, 5.41) is 10.7. The molecule has 2 aliphatic rings. The minimum Gasteiger partial charge on any atom is -0.497 e. The summed E-state index contributed by atoms with van der Waals surface area (Å²) in [6, 6.07) is 6.10. The maximum absolute atomic E-state index is 10.7. The highest BCUT2D eigenvalue weighted by molar-refractivity contribution is 5.40. The summed E-state index contributed by atoms with van der Waals surface area (Å²) in [6.07, 6.45) is 2.57. The Kier molecular flexibility index (Phi) is 5.09. The molecule has 1 unspecified atom stereocenters. The van der Waals surface area contributed by atoms with Crippen LogP contribution in [0.5, 0.6) is 11.5 Å². The average Bonchev–Trinajstić information content (AvgIpc) is 3.02. The van der Waals surface area contributed by atoms with E-state index in [2.05, 4.69) is 17.0 Å². The topological polar surface area (TPSA) is 51.2 Å². The van der Waals surface area contributed by atoms with Crippen molar-refractivity contribution in [2.45, 2.75) is 30.8 Å². The first-order valence-electron chi connectivity index (χ1n) is 8.37. The van der Waals surface area contributed by atoms with E-state index in [1.165, 1.54) is 5.56 Å². The molecule has 5 nitrogen and oxygen atoms in total. The van der Waals surface area contributed by atoms with E-state index in [0.29, 0.717) is 19.1 Å². The smallest absolute Gasteiger partial charge is 0.122 e. The Morgan fingerprint density at radius 2 is 1.83 bits per heavy atom. The summed E-state index contributed by atoms with van der Waals surface area (Å²) in [4.78, 5) is 2.38. The Morgan fingerprint density at radius 1 is 1.17 bits per heavy atom. The summed E-state index contributed by atoms with van der Waals surface area (Å²) in [6.45, 7) is 4.07. The molecule has 0 spiro atoms. The fourth-order valence-electron chi connectivity index (χ4n) is 3.64. The fourth-order valence-corrected chi connectivity index (χ4v) is 3.64. The maximum atomic E-state index is 10.7. The van der Waals surface area contributed by atoms with Gasteiger partial charge in [-0.25, -0.2) is 0 Å². The number of likely N-dealkylation sites (tertiary alicyclic amines) is 1. The van der Waals surface area contributed by atoms with Gasteiger partial charge in [0.05, 0.1) is 19.8 Å². The van der Waals surface area contributed by atoms with Crippen molar-refractivity contribution in [1.82, 2.24) is 4.90 Å². The van der Waals surface area contributed by atoms with Gasteiger partial charge in [-0.1, -0.05) is 0 Å². The Balaban J connectivity index is 1.65. The van der Waals surface area contributed by atoms with E-state index >= 15 is 0 Å². The van der Waals surface area contributed by atoms with Crippen LogP contribution in [0.1, 0.15) is 30.7 Å². The average molecular weight is 321 g/mol. The van der Waals surface area contributed by atoms with Crippen molar-refractivity contribution in [3.63, 3.8) is 0 Å². The van der Waals surface area contributed by atoms with Crippen molar-refractivity contribution in [3.8, 4) is 11.5 Å². The van der Waals surface area contributed by atoms with Crippen molar-refractivity contribution in [3.05, 3.63) is 23.8 Å². The molecule has 0 aliphatic carbocycles. The summed E-state index contributed by atoms with van der Waals surface area (Å²) in [5.41, 5.74) is 0.668. The molecule has 1 atom stereocenters. The van der Waals surface area contributed by atoms with Gasteiger partial charge in [-0.05, 0) is 36.6 Å². The zero-order chi connectivity index (χ0) is 16.3. The van der Waals surface area contributed by atoms with Crippen LogP contribution in [0.4, 0.5) is 0 Å². The highest BCUT2D eigenvalue weighted by atomic mass is 16.5. The van der Waals surface area contributed by atoms with E-state index in [4.69, 9.17) is 14.2 Å². The van der Waals surface area contributed by atoms with Gasteiger partial charge >= 0.3 is 0 Å². The SMILES string of the molecule is COc1cc(OC)cc(C2CCN(CC3(O)CCOCC3)C2)c1. The van der Waals surface area contributed by atoms with E-state index in [-0.39, 0.29) is 0 Å². The molecule has 1 aromatic carbocycles. The molecule has 0 radical (unpaired) electrons. The van der Waals surface area contributed by atoms with Gasteiger partial charge in [-0.3, -0.25) is 4.90 Å². The lowest BCUT2D eigenvalue weighted by Gasteiger charge is -2.35. The van der Waals surface area contributed by atoms with Crippen LogP contribution in [0.3, 0.4) is 0 Å². The molecule has 5 heteroatoms. The van der Waals surface area contributed by atoms with E-state index in [1.54, 1.807) is 14.2 Å². The predicted molar refractivity (Wildman–Crippen MR) is 88.3 cm³/mol. The van der Waals surface area contributed by atoms with Gasteiger partial charge in [0.25, 0.3) is 0 Å². The molecule has 0 bridgehead atoms. The first-order chi connectivity index (χ1) is 11.1. The van der Waals surface area contributed by atoms with Gasteiger partial charge in [0.1, 0.15) is 11.5 Å². The largest absolute Gasteiger partial charge is 0.497 e. The number of hydrogen-bond acceptors (Lipinski definition) is 5. The van der Waals surface area contributed by atoms with Gasteiger partial charge in [0, 0.05) is 45.2 Å². The van der Waals surface area contributed by atoms with Gasteiger partial charge in [0.15, 0.2) is 0 Å². The van der Waals surface area contributed by atoms with E-state index < -0.39 is 5.60 Å². The molecule has 2 fully saturated rings. The number of hydrogen-bond donors (Lipinski definition) is 1. The quantitative estimate of drug-likeness (QED) is 0.899. The van der Waals surface area contributed by atoms with Crippen LogP contribution >= 0.6 is 0 Å². The van der Waals surface area contributed by atoms with Crippen LogP contribution in [0.25, 0.3) is 0 Å².